The van der Waals surface area contributed by atoms with E-state index in [1.165, 1.54) is 16.0 Å². The molecule has 19 heavy (non-hydrogen) atoms. The van der Waals surface area contributed by atoms with Gasteiger partial charge in [0.1, 0.15) is 0 Å². The van der Waals surface area contributed by atoms with Crippen LogP contribution in [0.25, 0.3) is 0 Å². The van der Waals surface area contributed by atoms with Crippen LogP contribution < -0.4 is 5.73 Å². The van der Waals surface area contributed by atoms with E-state index in [2.05, 4.69) is 33.5 Å². The fourth-order valence-electron chi connectivity index (χ4n) is 2.71. The van der Waals surface area contributed by atoms with E-state index in [1.807, 2.05) is 24.5 Å². The Morgan fingerprint density at radius 1 is 1.42 bits per heavy atom. The molecule has 1 atom stereocenters. The Morgan fingerprint density at radius 3 is 3.05 bits per heavy atom. The molecule has 0 aromatic carbocycles. The molecule has 0 spiro atoms. The molecule has 4 heteroatoms. The van der Waals surface area contributed by atoms with Crippen molar-refractivity contribution in [2.75, 3.05) is 13.1 Å². The quantitative estimate of drug-likeness (QED) is 0.934. The van der Waals surface area contributed by atoms with Gasteiger partial charge in [-0.15, -0.1) is 11.3 Å². The van der Waals surface area contributed by atoms with E-state index in [4.69, 9.17) is 5.73 Å². The number of pyridine rings is 1. The molecule has 0 fully saturated rings. The third-order valence-electron chi connectivity index (χ3n) is 3.82. The van der Waals surface area contributed by atoms with E-state index in [9.17, 15) is 0 Å². The lowest BCUT2D eigenvalue weighted by atomic mass is 10.0. The summed E-state index contributed by atoms with van der Waals surface area (Å²) in [6, 6.07) is 6.75. The van der Waals surface area contributed by atoms with Crippen molar-refractivity contribution in [3.8, 4) is 0 Å². The molecule has 0 saturated heterocycles. The summed E-state index contributed by atoms with van der Waals surface area (Å²) in [5.74, 6) is 0. The second-order valence-electron chi connectivity index (χ2n) is 5.07. The highest BCUT2D eigenvalue weighted by molar-refractivity contribution is 7.10. The third-order valence-corrected chi connectivity index (χ3v) is 4.84. The normalized spacial score (nSPS) is 17.2. The zero-order valence-corrected chi connectivity index (χ0v) is 12.0. The van der Waals surface area contributed by atoms with Crippen molar-refractivity contribution in [3.05, 3.63) is 51.5 Å². The summed E-state index contributed by atoms with van der Waals surface area (Å²) in [5.41, 5.74) is 9.75. The number of hydrogen-bond donors (Lipinski definition) is 1. The van der Waals surface area contributed by atoms with Gasteiger partial charge in [-0.1, -0.05) is 6.07 Å². The molecule has 3 nitrogen and oxygen atoms in total. The average molecular weight is 273 g/mol. The molecule has 0 radical (unpaired) electrons. The minimum Gasteiger partial charge on any atom is -0.329 e. The van der Waals surface area contributed by atoms with Crippen molar-refractivity contribution >= 4 is 11.3 Å². The predicted molar refractivity (Wildman–Crippen MR) is 79.2 cm³/mol. The summed E-state index contributed by atoms with van der Waals surface area (Å²) in [6.07, 6.45) is 3.11. The molecule has 1 aliphatic rings. The molecule has 2 N–H and O–H groups in total. The SMILES string of the molecule is Cc1ccc(C(CN)N2CCc3sccc3C2)cn1. The van der Waals surface area contributed by atoms with Gasteiger partial charge in [-0.2, -0.15) is 0 Å². The highest BCUT2D eigenvalue weighted by Gasteiger charge is 2.24. The maximum atomic E-state index is 6.00. The molecule has 3 heterocycles. The Labute approximate surface area is 118 Å². The van der Waals surface area contributed by atoms with Gasteiger partial charge < -0.3 is 5.73 Å². The first-order valence-electron chi connectivity index (χ1n) is 6.70. The van der Waals surface area contributed by atoms with Gasteiger partial charge in [-0.05, 0) is 42.0 Å². The molecular formula is C15H19N3S. The summed E-state index contributed by atoms with van der Waals surface area (Å²) >= 11 is 1.87. The predicted octanol–water partition coefficient (Wildman–Crippen LogP) is 2.51. The fourth-order valence-corrected chi connectivity index (χ4v) is 3.60. The Bertz CT molecular complexity index is 547. The topological polar surface area (TPSA) is 42.1 Å². The van der Waals surface area contributed by atoms with Gasteiger partial charge in [0.15, 0.2) is 0 Å². The maximum absolute atomic E-state index is 6.00. The van der Waals surface area contributed by atoms with Gasteiger partial charge in [0.25, 0.3) is 0 Å². The number of thiophene rings is 1. The first-order valence-corrected chi connectivity index (χ1v) is 7.58. The number of fused-ring (bicyclic) bond motifs is 1. The number of aryl methyl sites for hydroxylation is 1. The Morgan fingerprint density at radius 2 is 2.32 bits per heavy atom. The Balaban J connectivity index is 1.82. The van der Waals surface area contributed by atoms with Crippen LogP contribution in [0.15, 0.2) is 29.8 Å². The summed E-state index contributed by atoms with van der Waals surface area (Å²) in [5, 5.41) is 2.19. The second-order valence-corrected chi connectivity index (χ2v) is 6.07. The number of aromatic nitrogens is 1. The molecule has 100 valence electrons. The summed E-state index contributed by atoms with van der Waals surface area (Å²) < 4.78 is 0. The number of nitrogens with two attached hydrogens (primary N) is 1. The van der Waals surface area contributed by atoms with Crippen LogP contribution >= 0.6 is 11.3 Å². The summed E-state index contributed by atoms with van der Waals surface area (Å²) in [7, 11) is 0. The monoisotopic (exact) mass is 273 g/mol. The van der Waals surface area contributed by atoms with Crippen LogP contribution in [0.3, 0.4) is 0 Å². The molecule has 0 aliphatic carbocycles. The maximum Gasteiger partial charge on any atom is 0.0489 e. The van der Waals surface area contributed by atoms with Gasteiger partial charge in [0.05, 0.1) is 0 Å². The lowest BCUT2D eigenvalue weighted by Crippen LogP contribution is -2.37. The van der Waals surface area contributed by atoms with Crippen LogP contribution in [0.1, 0.15) is 27.7 Å². The van der Waals surface area contributed by atoms with E-state index >= 15 is 0 Å². The van der Waals surface area contributed by atoms with Gasteiger partial charge in [-0.25, -0.2) is 0 Å². The molecule has 0 saturated carbocycles. The van der Waals surface area contributed by atoms with Crippen molar-refractivity contribution in [1.29, 1.82) is 0 Å². The van der Waals surface area contributed by atoms with Crippen LogP contribution in [0.2, 0.25) is 0 Å². The lowest BCUT2D eigenvalue weighted by molar-refractivity contribution is 0.185. The molecular weight excluding hydrogens is 254 g/mol. The zero-order valence-electron chi connectivity index (χ0n) is 11.2. The molecule has 0 bridgehead atoms. The Kier molecular flexibility index (Phi) is 3.64. The van der Waals surface area contributed by atoms with Gasteiger partial charge >= 0.3 is 0 Å². The minimum atomic E-state index is 0.279. The first-order chi connectivity index (χ1) is 9.28. The molecule has 2 aromatic rings. The van der Waals surface area contributed by atoms with Crippen LogP contribution in [0, 0.1) is 6.92 Å². The number of rotatable bonds is 3. The number of nitrogens with zero attached hydrogens (tertiary/aromatic N) is 2. The van der Waals surface area contributed by atoms with E-state index in [1.54, 1.807) is 0 Å². The first kappa shape index (κ1) is 12.8. The smallest absolute Gasteiger partial charge is 0.0489 e. The fraction of sp³-hybridized carbons (Fsp3) is 0.400. The molecule has 1 aliphatic heterocycles. The molecule has 2 aromatic heterocycles. The van der Waals surface area contributed by atoms with Crippen molar-refractivity contribution < 1.29 is 0 Å². The second kappa shape index (κ2) is 5.41. The van der Waals surface area contributed by atoms with Crippen LogP contribution in [-0.4, -0.2) is 23.0 Å². The van der Waals surface area contributed by atoms with Crippen LogP contribution in [0.5, 0.6) is 0 Å². The van der Waals surface area contributed by atoms with Crippen LogP contribution in [-0.2, 0) is 13.0 Å². The minimum absolute atomic E-state index is 0.279. The average Bonchev–Trinajstić information content (AvgIpc) is 2.89. The van der Waals surface area contributed by atoms with Gasteiger partial charge in [0.2, 0.25) is 0 Å². The van der Waals surface area contributed by atoms with Crippen LogP contribution in [0.4, 0.5) is 0 Å². The molecule has 0 amide bonds. The van der Waals surface area contributed by atoms with E-state index in [0.29, 0.717) is 6.54 Å². The van der Waals surface area contributed by atoms with Crippen molar-refractivity contribution in [3.63, 3.8) is 0 Å². The largest absolute Gasteiger partial charge is 0.329 e. The highest BCUT2D eigenvalue weighted by atomic mass is 32.1. The van der Waals surface area contributed by atoms with E-state index < -0.39 is 0 Å². The zero-order chi connectivity index (χ0) is 13.2. The van der Waals surface area contributed by atoms with E-state index in [0.717, 1.165) is 25.2 Å². The highest BCUT2D eigenvalue weighted by Crippen LogP contribution is 2.29. The molecule has 3 rings (SSSR count). The van der Waals surface area contributed by atoms with Gasteiger partial charge in [0, 0.05) is 42.4 Å². The van der Waals surface area contributed by atoms with Crippen molar-refractivity contribution in [1.82, 2.24) is 9.88 Å². The van der Waals surface area contributed by atoms with Crippen molar-refractivity contribution in [2.45, 2.75) is 25.9 Å². The standard InChI is InChI=1S/C15H19N3S/c1-11-2-3-12(9-17-11)14(8-16)18-6-4-15-13(10-18)5-7-19-15/h2-3,5,7,9,14H,4,6,8,10,16H2,1H3. The number of hydrogen-bond acceptors (Lipinski definition) is 4. The summed E-state index contributed by atoms with van der Waals surface area (Å²) in [6.45, 7) is 4.75. The van der Waals surface area contributed by atoms with Gasteiger partial charge in [-0.3, -0.25) is 9.88 Å². The third kappa shape index (κ3) is 2.56. The van der Waals surface area contributed by atoms with E-state index in [-0.39, 0.29) is 6.04 Å². The lowest BCUT2D eigenvalue weighted by Gasteiger charge is -2.34. The summed E-state index contributed by atoms with van der Waals surface area (Å²) in [4.78, 5) is 8.41. The van der Waals surface area contributed by atoms with Crippen molar-refractivity contribution in [2.24, 2.45) is 5.73 Å². The molecule has 1 unspecified atom stereocenters. The Hall–Kier alpha value is -1.23.